The van der Waals surface area contributed by atoms with E-state index >= 15 is 0 Å². The Hall–Kier alpha value is -9.90. The Bertz CT molecular complexity index is 4280. The summed E-state index contributed by atoms with van der Waals surface area (Å²) in [5, 5.41) is 2.42. The Morgan fingerprint density at radius 1 is 0.263 bits per heavy atom. The fraction of sp³-hybridized carbons (Fsp3) is 0. The normalized spacial score (nSPS) is 12.4. The summed E-state index contributed by atoms with van der Waals surface area (Å²) in [7, 11) is 0. The maximum absolute atomic E-state index is 2.60. The third-order valence-corrected chi connectivity index (χ3v) is 15.7. The largest absolute Gasteiger partial charge is 0.311 e. The van der Waals surface area contributed by atoms with Crippen LogP contribution in [0.3, 0.4) is 0 Å². The molecule has 0 N–H and O–H groups in total. The predicted octanol–water partition coefficient (Wildman–Crippen LogP) is 17.2. The van der Waals surface area contributed by atoms with E-state index in [9.17, 15) is 0 Å². The molecule has 1 aromatic heterocycles. The van der Waals surface area contributed by atoms with Crippen LogP contribution in [0.1, 0.15) is 0 Å². The summed E-state index contributed by atoms with van der Waals surface area (Å²) in [6.45, 7) is -0.107. The lowest BCUT2D eigenvalue weighted by Crippen LogP contribution is -2.61. The zero-order chi connectivity index (χ0) is 50.1. The molecule has 354 valence electrons. The molecule has 12 aromatic carbocycles. The van der Waals surface area contributed by atoms with Crippen molar-refractivity contribution in [2.24, 2.45) is 0 Å². The highest BCUT2D eigenvalue weighted by Crippen LogP contribution is 2.50. The number of fused-ring (bicyclic) bond motifs is 8. The lowest BCUT2D eigenvalue weighted by atomic mass is 9.33. The molecule has 0 saturated heterocycles. The maximum Gasteiger partial charge on any atom is 0.252 e. The summed E-state index contributed by atoms with van der Waals surface area (Å²) >= 11 is 0. The van der Waals surface area contributed by atoms with Gasteiger partial charge in [-0.1, -0.05) is 237 Å². The van der Waals surface area contributed by atoms with Gasteiger partial charge in [0.1, 0.15) is 0 Å². The van der Waals surface area contributed by atoms with E-state index in [-0.39, 0.29) is 6.71 Å². The second kappa shape index (κ2) is 17.9. The van der Waals surface area contributed by atoms with Crippen molar-refractivity contribution >= 4 is 79.0 Å². The smallest absolute Gasteiger partial charge is 0.252 e. The Morgan fingerprint density at radius 3 is 1.30 bits per heavy atom. The van der Waals surface area contributed by atoms with Gasteiger partial charge in [0.25, 0.3) is 6.71 Å². The van der Waals surface area contributed by atoms with Crippen molar-refractivity contribution in [2.75, 3.05) is 9.80 Å². The van der Waals surface area contributed by atoms with Crippen LogP contribution in [0.4, 0.5) is 34.1 Å². The lowest BCUT2D eigenvalue weighted by Gasteiger charge is -2.44. The monoisotopic (exact) mass is 965 g/mol. The summed E-state index contributed by atoms with van der Waals surface area (Å²) < 4.78 is 2.56. The van der Waals surface area contributed by atoms with E-state index in [1.54, 1.807) is 0 Å². The number of para-hydroxylation sites is 2. The first-order valence-electron chi connectivity index (χ1n) is 26.3. The quantitative estimate of drug-likeness (QED) is 0.141. The number of anilines is 6. The van der Waals surface area contributed by atoms with Crippen LogP contribution in [0.5, 0.6) is 0 Å². The Kier molecular flexibility index (Phi) is 10.3. The predicted molar refractivity (Wildman–Crippen MR) is 322 cm³/mol. The van der Waals surface area contributed by atoms with Gasteiger partial charge in [0.15, 0.2) is 0 Å². The first-order valence-corrected chi connectivity index (χ1v) is 26.3. The van der Waals surface area contributed by atoms with Gasteiger partial charge in [0.05, 0.1) is 22.4 Å². The highest BCUT2D eigenvalue weighted by atomic mass is 15.2. The minimum atomic E-state index is -0.107. The first-order chi connectivity index (χ1) is 37.7. The van der Waals surface area contributed by atoms with Gasteiger partial charge in [0.2, 0.25) is 0 Å². The number of hydrogen-bond donors (Lipinski definition) is 0. The molecule has 76 heavy (non-hydrogen) atoms. The molecule has 2 aliphatic rings. The second-order valence-corrected chi connectivity index (χ2v) is 20.0. The highest BCUT2D eigenvalue weighted by Gasteiger charge is 2.44. The van der Waals surface area contributed by atoms with Gasteiger partial charge in [-0.05, 0) is 115 Å². The van der Waals surface area contributed by atoms with Crippen LogP contribution in [0.2, 0.25) is 0 Å². The van der Waals surface area contributed by atoms with Crippen LogP contribution in [-0.2, 0) is 0 Å². The van der Waals surface area contributed by atoms with Crippen molar-refractivity contribution in [3.63, 3.8) is 0 Å². The Morgan fingerprint density at radius 2 is 0.724 bits per heavy atom. The van der Waals surface area contributed by atoms with Crippen molar-refractivity contribution in [3.05, 3.63) is 291 Å². The van der Waals surface area contributed by atoms with Crippen LogP contribution in [0.15, 0.2) is 291 Å². The Balaban J connectivity index is 1.06. The molecule has 3 nitrogen and oxygen atoms in total. The number of nitrogens with zero attached hydrogens (tertiary/aromatic N) is 3. The average Bonchev–Trinajstić information content (AvgIpc) is 3.97. The zero-order valence-electron chi connectivity index (χ0n) is 41.6. The number of rotatable bonds is 8. The van der Waals surface area contributed by atoms with Crippen molar-refractivity contribution in [1.29, 1.82) is 0 Å². The fourth-order valence-corrected chi connectivity index (χ4v) is 12.5. The molecule has 0 aliphatic carbocycles. The number of benzene rings is 12. The summed E-state index contributed by atoms with van der Waals surface area (Å²) in [6, 6.07) is 107. The molecule has 0 fully saturated rings. The van der Waals surface area contributed by atoms with Crippen LogP contribution in [-0.4, -0.2) is 11.3 Å². The molecular weight excluding hydrogens is 918 g/mol. The fourth-order valence-electron chi connectivity index (χ4n) is 12.5. The van der Waals surface area contributed by atoms with Crippen molar-refractivity contribution in [3.8, 4) is 61.3 Å². The van der Waals surface area contributed by atoms with Crippen LogP contribution >= 0.6 is 0 Å². The van der Waals surface area contributed by atoms with Crippen LogP contribution < -0.4 is 26.2 Å². The summed E-state index contributed by atoms with van der Waals surface area (Å²) in [5.41, 5.74) is 26.0. The molecule has 13 aromatic rings. The molecule has 0 spiro atoms. The Labute approximate surface area is 443 Å². The topological polar surface area (TPSA) is 11.4 Å². The van der Waals surface area contributed by atoms with E-state index in [0.717, 1.165) is 28.1 Å². The van der Waals surface area contributed by atoms with E-state index in [4.69, 9.17) is 0 Å². The molecule has 0 radical (unpaired) electrons. The van der Waals surface area contributed by atoms with Gasteiger partial charge in [-0.15, -0.1) is 0 Å². The molecule has 3 heterocycles. The lowest BCUT2D eigenvalue weighted by molar-refractivity contribution is 1.18. The van der Waals surface area contributed by atoms with E-state index in [2.05, 4.69) is 306 Å². The van der Waals surface area contributed by atoms with Crippen LogP contribution in [0.25, 0.3) is 83.1 Å². The van der Waals surface area contributed by atoms with E-state index in [1.165, 1.54) is 106 Å². The molecule has 0 bridgehead atoms. The van der Waals surface area contributed by atoms with E-state index < -0.39 is 0 Å². The van der Waals surface area contributed by atoms with Gasteiger partial charge in [0, 0.05) is 50.3 Å². The molecule has 2 aliphatic heterocycles. The SMILES string of the molecule is c1ccc(-c2cccc(N3c4ccc(-c5ccccc5)cc4B4c5ccc6c(c5N(c5cccc(-c7ccccc7)c5)c5cccc3c54)c3ccccc3n6-c3c(-c4ccccc4)cccc3-c3ccccc3)c2)cc1. The van der Waals surface area contributed by atoms with E-state index in [1.807, 2.05) is 0 Å². The number of aromatic nitrogens is 1. The van der Waals surface area contributed by atoms with Gasteiger partial charge in [-0.2, -0.15) is 0 Å². The molecule has 4 heteroatoms. The van der Waals surface area contributed by atoms with Gasteiger partial charge < -0.3 is 14.4 Å². The van der Waals surface area contributed by atoms with Crippen molar-refractivity contribution in [1.82, 2.24) is 4.57 Å². The molecular formula is C72H48BN3. The van der Waals surface area contributed by atoms with Crippen molar-refractivity contribution < 1.29 is 0 Å². The third kappa shape index (κ3) is 6.99. The van der Waals surface area contributed by atoms with Gasteiger partial charge in [-0.25, -0.2) is 0 Å². The maximum atomic E-state index is 2.60. The molecule has 0 amide bonds. The van der Waals surface area contributed by atoms with Crippen molar-refractivity contribution in [2.45, 2.75) is 0 Å². The highest BCUT2D eigenvalue weighted by molar-refractivity contribution is 7.00. The second-order valence-electron chi connectivity index (χ2n) is 20.0. The minimum Gasteiger partial charge on any atom is -0.311 e. The third-order valence-electron chi connectivity index (χ3n) is 15.7. The molecule has 0 unspecified atom stereocenters. The standard InChI is InChI=1S/C72H48BN3/c1-6-22-49(23-7-1)54-32-18-34-57(46-54)74-65-44-42-56(51-26-10-3-11-27-51)48-63(65)73-62-43-45-66-69(72(62)75(68-41-21-40-67(74)70(68)73)58-35-19-33-55(47-58)50-24-8-2-9-25-50)61-36-16-17-39-64(61)76(66)71-59(52-28-12-4-13-29-52)37-20-38-60(71)53-30-14-5-15-31-53/h1-48H. The van der Waals surface area contributed by atoms with Gasteiger partial charge in [-0.3, -0.25) is 0 Å². The average molecular weight is 966 g/mol. The number of hydrogen-bond acceptors (Lipinski definition) is 2. The first kappa shape index (κ1) is 43.7. The molecule has 15 rings (SSSR count). The minimum absolute atomic E-state index is 0.107. The zero-order valence-corrected chi connectivity index (χ0v) is 41.6. The summed E-state index contributed by atoms with van der Waals surface area (Å²) in [5.74, 6) is 0. The van der Waals surface area contributed by atoms with Gasteiger partial charge >= 0.3 is 0 Å². The summed E-state index contributed by atoms with van der Waals surface area (Å²) in [4.78, 5) is 5.12. The van der Waals surface area contributed by atoms with Crippen LogP contribution in [0, 0.1) is 0 Å². The van der Waals surface area contributed by atoms with E-state index in [0.29, 0.717) is 0 Å². The summed E-state index contributed by atoms with van der Waals surface area (Å²) in [6.07, 6.45) is 0. The molecule has 0 atom stereocenters. The molecule has 0 saturated carbocycles.